The van der Waals surface area contributed by atoms with Gasteiger partial charge in [-0.1, -0.05) is 0 Å². The van der Waals surface area contributed by atoms with Gasteiger partial charge in [0, 0.05) is 11.3 Å². The molecule has 0 aliphatic heterocycles. The lowest BCUT2D eigenvalue weighted by Crippen LogP contribution is -2.12. The number of carbonyl (C=O) groups is 2. The molecule has 5 nitrogen and oxygen atoms in total. The highest BCUT2D eigenvalue weighted by molar-refractivity contribution is 6.02. The normalized spacial score (nSPS) is 9.88. The van der Waals surface area contributed by atoms with Crippen LogP contribution in [0.1, 0.15) is 20.9 Å². The van der Waals surface area contributed by atoms with Crippen LogP contribution < -0.4 is 11.1 Å². The summed E-state index contributed by atoms with van der Waals surface area (Å²) >= 11 is 0. The van der Waals surface area contributed by atoms with Crippen molar-refractivity contribution in [3.8, 4) is 0 Å². The number of primary amides is 1. The summed E-state index contributed by atoms with van der Waals surface area (Å²) in [5.74, 6) is -0.625. The van der Waals surface area contributed by atoms with Crippen LogP contribution >= 0.6 is 0 Å². The first-order chi connectivity index (χ1) is 8.16. The van der Waals surface area contributed by atoms with Gasteiger partial charge in [-0.05, 0) is 36.4 Å². The number of anilines is 1. The molecule has 0 aliphatic rings. The van der Waals surface area contributed by atoms with Gasteiger partial charge >= 0.3 is 0 Å². The zero-order valence-corrected chi connectivity index (χ0v) is 8.84. The summed E-state index contributed by atoms with van der Waals surface area (Å²) in [6.07, 6.45) is 1.42. The fourth-order valence-corrected chi connectivity index (χ4v) is 1.32. The summed E-state index contributed by atoms with van der Waals surface area (Å²) in [4.78, 5) is 22.4. The molecule has 0 spiro atoms. The molecule has 0 atom stereocenters. The molecule has 86 valence electrons. The Bertz CT molecular complexity index is 529. The average Bonchev–Trinajstić information content (AvgIpc) is 2.83. The van der Waals surface area contributed by atoms with Crippen molar-refractivity contribution in [2.75, 3.05) is 5.32 Å². The maximum absolute atomic E-state index is 11.6. The topological polar surface area (TPSA) is 85.3 Å². The van der Waals surface area contributed by atoms with Crippen molar-refractivity contribution >= 4 is 17.5 Å². The number of furan rings is 1. The summed E-state index contributed by atoms with van der Waals surface area (Å²) in [7, 11) is 0. The fourth-order valence-electron chi connectivity index (χ4n) is 1.32. The Morgan fingerprint density at radius 3 is 2.35 bits per heavy atom. The molecule has 0 saturated heterocycles. The van der Waals surface area contributed by atoms with E-state index in [0.29, 0.717) is 11.3 Å². The van der Waals surface area contributed by atoms with E-state index >= 15 is 0 Å². The zero-order chi connectivity index (χ0) is 12.3. The highest BCUT2D eigenvalue weighted by Crippen LogP contribution is 2.11. The number of nitrogens with one attached hydrogen (secondary N) is 1. The molecule has 17 heavy (non-hydrogen) atoms. The van der Waals surface area contributed by atoms with Gasteiger partial charge < -0.3 is 15.5 Å². The summed E-state index contributed by atoms with van der Waals surface area (Å²) in [5.41, 5.74) is 6.06. The van der Waals surface area contributed by atoms with E-state index in [-0.39, 0.29) is 11.7 Å². The van der Waals surface area contributed by atoms with Crippen molar-refractivity contribution in [3.05, 3.63) is 54.0 Å². The van der Waals surface area contributed by atoms with Gasteiger partial charge in [0.1, 0.15) is 0 Å². The first-order valence-electron chi connectivity index (χ1n) is 4.91. The van der Waals surface area contributed by atoms with Crippen LogP contribution in [-0.4, -0.2) is 11.8 Å². The SMILES string of the molecule is NC(=O)c1ccc(NC(=O)c2ccco2)cc1. The molecule has 0 aliphatic carbocycles. The van der Waals surface area contributed by atoms with E-state index in [2.05, 4.69) is 5.32 Å². The van der Waals surface area contributed by atoms with Gasteiger partial charge in [-0.15, -0.1) is 0 Å². The van der Waals surface area contributed by atoms with Crippen LogP contribution in [0.3, 0.4) is 0 Å². The zero-order valence-electron chi connectivity index (χ0n) is 8.84. The molecule has 0 radical (unpaired) electrons. The van der Waals surface area contributed by atoms with E-state index in [4.69, 9.17) is 10.2 Å². The third kappa shape index (κ3) is 2.52. The lowest BCUT2D eigenvalue weighted by molar-refractivity contribution is 0.0991. The number of benzene rings is 1. The molecule has 0 saturated carbocycles. The van der Waals surface area contributed by atoms with E-state index in [1.165, 1.54) is 6.26 Å². The van der Waals surface area contributed by atoms with Crippen LogP contribution in [0.25, 0.3) is 0 Å². The van der Waals surface area contributed by atoms with Crippen molar-refractivity contribution in [3.63, 3.8) is 0 Å². The highest BCUT2D eigenvalue weighted by Gasteiger charge is 2.08. The Balaban J connectivity index is 2.09. The molecule has 0 fully saturated rings. The van der Waals surface area contributed by atoms with Gasteiger partial charge in [0.25, 0.3) is 5.91 Å². The van der Waals surface area contributed by atoms with E-state index in [9.17, 15) is 9.59 Å². The molecule has 1 heterocycles. The van der Waals surface area contributed by atoms with Crippen LogP contribution in [0.2, 0.25) is 0 Å². The minimum atomic E-state index is -0.506. The Hall–Kier alpha value is -2.56. The summed E-state index contributed by atoms with van der Waals surface area (Å²) in [5, 5.41) is 2.63. The van der Waals surface area contributed by atoms with Crippen LogP contribution in [-0.2, 0) is 0 Å². The van der Waals surface area contributed by atoms with Gasteiger partial charge in [0.05, 0.1) is 6.26 Å². The van der Waals surface area contributed by atoms with E-state index in [1.54, 1.807) is 36.4 Å². The number of rotatable bonds is 3. The molecule has 1 aromatic heterocycles. The number of hydrogen-bond acceptors (Lipinski definition) is 3. The van der Waals surface area contributed by atoms with Crippen LogP contribution in [0.15, 0.2) is 47.1 Å². The fraction of sp³-hybridized carbons (Fsp3) is 0. The summed E-state index contributed by atoms with van der Waals surface area (Å²) < 4.78 is 4.94. The molecular formula is C12H10N2O3. The lowest BCUT2D eigenvalue weighted by atomic mass is 10.2. The standard InChI is InChI=1S/C12H10N2O3/c13-11(15)8-3-5-9(6-4-8)14-12(16)10-2-1-7-17-10/h1-7H,(H2,13,15)(H,14,16). The first kappa shape index (κ1) is 10.9. The van der Waals surface area contributed by atoms with Crippen LogP contribution in [0.4, 0.5) is 5.69 Å². The molecular weight excluding hydrogens is 220 g/mol. The first-order valence-corrected chi connectivity index (χ1v) is 4.91. The lowest BCUT2D eigenvalue weighted by Gasteiger charge is -2.03. The van der Waals surface area contributed by atoms with E-state index in [0.717, 1.165) is 0 Å². The van der Waals surface area contributed by atoms with Crippen molar-refractivity contribution < 1.29 is 14.0 Å². The molecule has 2 aromatic rings. The Labute approximate surface area is 97.2 Å². The summed E-state index contributed by atoms with van der Waals surface area (Å²) in [6, 6.07) is 9.47. The molecule has 0 bridgehead atoms. The largest absolute Gasteiger partial charge is 0.459 e. The quantitative estimate of drug-likeness (QED) is 0.840. The molecule has 2 amide bonds. The molecule has 2 rings (SSSR count). The number of carbonyl (C=O) groups excluding carboxylic acids is 2. The minimum Gasteiger partial charge on any atom is -0.459 e. The summed E-state index contributed by atoms with van der Waals surface area (Å²) in [6.45, 7) is 0. The third-order valence-corrected chi connectivity index (χ3v) is 2.17. The molecule has 1 aromatic carbocycles. The minimum absolute atomic E-state index is 0.226. The molecule has 3 N–H and O–H groups in total. The van der Waals surface area contributed by atoms with E-state index in [1.807, 2.05) is 0 Å². The predicted molar refractivity (Wildman–Crippen MR) is 61.6 cm³/mol. The van der Waals surface area contributed by atoms with Crippen molar-refractivity contribution in [2.24, 2.45) is 5.73 Å². The highest BCUT2D eigenvalue weighted by atomic mass is 16.3. The number of amides is 2. The van der Waals surface area contributed by atoms with Crippen LogP contribution in [0.5, 0.6) is 0 Å². The van der Waals surface area contributed by atoms with Crippen molar-refractivity contribution in [2.45, 2.75) is 0 Å². The second-order valence-electron chi connectivity index (χ2n) is 3.37. The van der Waals surface area contributed by atoms with Gasteiger partial charge in [-0.25, -0.2) is 0 Å². The maximum Gasteiger partial charge on any atom is 0.291 e. The Kier molecular flexibility index (Phi) is 2.91. The number of nitrogens with two attached hydrogens (primary N) is 1. The maximum atomic E-state index is 11.6. The van der Waals surface area contributed by atoms with Crippen LogP contribution in [0, 0.1) is 0 Å². The second-order valence-corrected chi connectivity index (χ2v) is 3.37. The third-order valence-electron chi connectivity index (χ3n) is 2.17. The van der Waals surface area contributed by atoms with Crippen molar-refractivity contribution in [1.29, 1.82) is 0 Å². The smallest absolute Gasteiger partial charge is 0.291 e. The van der Waals surface area contributed by atoms with Gasteiger partial charge in [0.15, 0.2) is 5.76 Å². The monoisotopic (exact) mass is 230 g/mol. The van der Waals surface area contributed by atoms with Crippen molar-refractivity contribution in [1.82, 2.24) is 0 Å². The van der Waals surface area contributed by atoms with Gasteiger partial charge in [-0.3, -0.25) is 9.59 Å². The van der Waals surface area contributed by atoms with Gasteiger partial charge in [-0.2, -0.15) is 0 Å². The Morgan fingerprint density at radius 2 is 1.82 bits per heavy atom. The number of hydrogen-bond donors (Lipinski definition) is 2. The Morgan fingerprint density at radius 1 is 1.12 bits per heavy atom. The molecule has 5 heteroatoms. The molecule has 0 unspecified atom stereocenters. The second kappa shape index (κ2) is 4.52. The predicted octanol–water partition coefficient (Wildman–Crippen LogP) is 1.63. The average molecular weight is 230 g/mol. The van der Waals surface area contributed by atoms with Gasteiger partial charge in [0.2, 0.25) is 5.91 Å². The van der Waals surface area contributed by atoms with E-state index < -0.39 is 5.91 Å².